The standard InChI is InChI=1S/C16H22N6O/c1-12-5-16(20-11-19-12)22-3-4-23-10-13(9-22)6-14-7-18-8-15(17-2)21-14/h5,7-8,11,13H,3-4,6,9-10H2,1-2H3,(H,17,21). The van der Waals surface area contributed by atoms with Crippen molar-refractivity contribution >= 4 is 11.6 Å². The fraction of sp³-hybridized carbons (Fsp3) is 0.500. The molecule has 1 fully saturated rings. The molecular formula is C16H22N6O. The summed E-state index contributed by atoms with van der Waals surface area (Å²) in [6.07, 6.45) is 6.00. The van der Waals surface area contributed by atoms with Crippen LogP contribution in [0, 0.1) is 12.8 Å². The zero-order valence-corrected chi connectivity index (χ0v) is 13.6. The van der Waals surface area contributed by atoms with E-state index in [4.69, 9.17) is 4.74 Å². The van der Waals surface area contributed by atoms with Gasteiger partial charge < -0.3 is 15.0 Å². The third kappa shape index (κ3) is 4.13. The normalized spacial score (nSPS) is 18.5. The number of hydrogen-bond acceptors (Lipinski definition) is 7. The predicted molar refractivity (Wildman–Crippen MR) is 88.6 cm³/mol. The van der Waals surface area contributed by atoms with Crippen molar-refractivity contribution in [2.75, 3.05) is 43.6 Å². The van der Waals surface area contributed by atoms with E-state index < -0.39 is 0 Å². The highest BCUT2D eigenvalue weighted by Gasteiger charge is 2.21. The number of ether oxygens (including phenoxy) is 1. The number of nitrogens with one attached hydrogen (secondary N) is 1. The molecule has 3 heterocycles. The fourth-order valence-electron chi connectivity index (χ4n) is 2.75. The number of hydrogen-bond donors (Lipinski definition) is 1. The molecule has 2 aromatic heterocycles. The van der Waals surface area contributed by atoms with Crippen LogP contribution in [0.2, 0.25) is 0 Å². The quantitative estimate of drug-likeness (QED) is 0.912. The molecular weight excluding hydrogens is 292 g/mol. The molecule has 0 saturated carbocycles. The molecule has 1 atom stereocenters. The summed E-state index contributed by atoms with van der Waals surface area (Å²) in [6.45, 7) is 5.15. The van der Waals surface area contributed by atoms with Crippen molar-refractivity contribution < 1.29 is 4.74 Å². The maximum atomic E-state index is 5.77. The Bertz CT molecular complexity index is 650. The lowest BCUT2D eigenvalue weighted by Gasteiger charge is -2.24. The molecule has 1 aliphatic heterocycles. The van der Waals surface area contributed by atoms with Gasteiger partial charge in [0.15, 0.2) is 0 Å². The summed E-state index contributed by atoms with van der Waals surface area (Å²) in [7, 11) is 1.85. The third-order valence-electron chi connectivity index (χ3n) is 3.89. The Morgan fingerprint density at radius 1 is 1.35 bits per heavy atom. The summed E-state index contributed by atoms with van der Waals surface area (Å²) in [5.74, 6) is 2.11. The van der Waals surface area contributed by atoms with Gasteiger partial charge in [0.1, 0.15) is 18.0 Å². The van der Waals surface area contributed by atoms with E-state index in [0.717, 1.165) is 49.1 Å². The Morgan fingerprint density at radius 2 is 2.26 bits per heavy atom. The first-order valence-corrected chi connectivity index (χ1v) is 7.84. The van der Waals surface area contributed by atoms with Gasteiger partial charge >= 0.3 is 0 Å². The predicted octanol–water partition coefficient (Wildman–Crippen LogP) is 1.31. The minimum absolute atomic E-state index is 0.356. The molecule has 3 rings (SSSR count). The van der Waals surface area contributed by atoms with Crippen molar-refractivity contribution in [2.45, 2.75) is 13.3 Å². The second-order valence-electron chi connectivity index (χ2n) is 5.75. The molecule has 122 valence electrons. The molecule has 0 bridgehead atoms. The highest BCUT2D eigenvalue weighted by molar-refractivity contribution is 5.39. The van der Waals surface area contributed by atoms with Crippen molar-refractivity contribution in [2.24, 2.45) is 5.92 Å². The number of anilines is 2. The van der Waals surface area contributed by atoms with Gasteiger partial charge in [0, 0.05) is 44.0 Å². The first-order chi connectivity index (χ1) is 11.2. The molecule has 1 unspecified atom stereocenters. The molecule has 23 heavy (non-hydrogen) atoms. The van der Waals surface area contributed by atoms with Crippen molar-refractivity contribution in [1.29, 1.82) is 0 Å². The Labute approximate surface area is 136 Å². The minimum atomic E-state index is 0.356. The average molecular weight is 314 g/mol. The van der Waals surface area contributed by atoms with Crippen LogP contribution in [0.3, 0.4) is 0 Å². The molecule has 0 spiro atoms. The van der Waals surface area contributed by atoms with E-state index in [9.17, 15) is 0 Å². The van der Waals surface area contributed by atoms with E-state index >= 15 is 0 Å². The Balaban J connectivity index is 1.71. The molecule has 0 aliphatic carbocycles. The molecule has 7 heteroatoms. The highest BCUT2D eigenvalue weighted by Crippen LogP contribution is 2.18. The third-order valence-corrected chi connectivity index (χ3v) is 3.89. The number of aryl methyl sites for hydroxylation is 1. The van der Waals surface area contributed by atoms with Gasteiger partial charge in [0.25, 0.3) is 0 Å². The summed E-state index contributed by atoms with van der Waals surface area (Å²) in [6, 6.07) is 2.02. The van der Waals surface area contributed by atoms with Crippen LogP contribution in [0.1, 0.15) is 11.4 Å². The average Bonchev–Trinajstić information content (AvgIpc) is 2.81. The van der Waals surface area contributed by atoms with E-state index in [0.29, 0.717) is 12.5 Å². The van der Waals surface area contributed by atoms with Crippen LogP contribution in [0.25, 0.3) is 0 Å². The number of rotatable bonds is 4. The summed E-state index contributed by atoms with van der Waals surface area (Å²) < 4.78 is 5.77. The second kappa shape index (κ2) is 7.32. The molecule has 0 amide bonds. The smallest absolute Gasteiger partial charge is 0.144 e. The first kappa shape index (κ1) is 15.6. The van der Waals surface area contributed by atoms with Crippen LogP contribution in [0.5, 0.6) is 0 Å². The van der Waals surface area contributed by atoms with Gasteiger partial charge in [-0.15, -0.1) is 0 Å². The van der Waals surface area contributed by atoms with E-state index in [1.807, 2.05) is 26.2 Å². The molecule has 7 nitrogen and oxygen atoms in total. The van der Waals surface area contributed by atoms with Crippen molar-refractivity contribution in [1.82, 2.24) is 19.9 Å². The van der Waals surface area contributed by atoms with E-state index in [2.05, 4.69) is 30.2 Å². The van der Waals surface area contributed by atoms with Crippen LogP contribution >= 0.6 is 0 Å². The van der Waals surface area contributed by atoms with Gasteiger partial charge in [0.05, 0.1) is 25.1 Å². The summed E-state index contributed by atoms with van der Waals surface area (Å²) in [5.41, 5.74) is 1.95. The van der Waals surface area contributed by atoms with Gasteiger partial charge in [-0.25, -0.2) is 15.0 Å². The SMILES string of the molecule is CNc1cncc(CC2COCCN(c3cc(C)ncn3)C2)n1. The van der Waals surface area contributed by atoms with Gasteiger partial charge in [-0.2, -0.15) is 0 Å². The lowest BCUT2D eigenvalue weighted by molar-refractivity contribution is 0.123. The fourth-order valence-corrected chi connectivity index (χ4v) is 2.75. The van der Waals surface area contributed by atoms with Gasteiger partial charge in [0.2, 0.25) is 0 Å². The van der Waals surface area contributed by atoms with Crippen LogP contribution in [0.4, 0.5) is 11.6 Å². The first-order valence-electron chi connectivity index (χ1n) is 7.84. The Morgan fingerprint density at radius 3 is 3.09 bits per heavy atom. The van der Waals surface area contributed by atoms with Crippen molar-refractivity contribution in [3.63, 3.8) is 0 Å². The van der Waals surface area contributed by atoms with Gasteiger partial charge in [-0.1, -0.05) is 0 Å². The van der Waals surface area contributed by atoms with Crippen LogP contribution in [-0.4, -0.2) is 53.3 Å². The Kier molecular flexibility index (Phi) is 4.97. The monoisotopic (exact) mass is 314 g/mol. The van der Waals surface area contributed by atoms with Gasteiger partial charge in [-0.3, -0.25) is 4.98 Å². The lowest BCUT2D eigenvalue weighted by Crippen LogP contribution is -2.31. The van der Waals surface area contributed by atoms with Crippen LogP contribution in [0.15, 0.2) is 24.8 Å². The molecule has 1 N–H and O–H groups in total. The molecule has 2 aromatic rings. The molecule has 1 aliphatic rings. The molecule has 0 aromatic carbocycles. The van der Waals surface area contributed by atoms with Gasteiger partial charge in [-0.05, 0) is 13.3 Å². The second-order valence-corrected chi connectivity index (χ2v) is 5.75. The van der Waals surface area contributed by atoms with E-state index in [1.165, 1.54) is 0 Å². The van der Waals surface area contributed by atoms with E-state index in [1.54, 1.807) is 12.5 Å². The number of aromatic nitrogens is 4. The summed E-state index contributed by atoms with van der Waals surface area (Å²) >= 11 is 0. The van der Waals surface area contributed by atoms with E-state index in [-0.39, 0.29) is 0 Å². The number of nitrogens with zero attached hydrogens (tertiary/aromatic N) is 5. The van der Waals surface area contributed by atoms with Crippen molar-refractivity contribution in [3.8, 4) is 0 Å². The maximum absolute atomic E-state index is 5.77. The molecule has 0 radical (unpaired) electrons. The zero-order valence-electron chi connectivity index (χ0n) is 13.6. The lowest BCUT2D eigenvalue weighted by atomic mass is 10.0. The minimum Gasteiger partial charge on any atom is -0.379 e. The van der Waals surface area contributed by atoms with Crippen LogP contribution < -0.4 is 10.2 Å². The molecule has 1 saturated heterocycles. The summed E-state index contributed by atoms with van der Waals surface area (Å²) in [4.78, 5) is 19.6. The zero-order chi connectivity index (χ0) is 16.1. The maximum Gasteiger partial charge on any atom is 0.144 e. The topological polar surface area (TPSA) is 76.1 Å². The Hall–Kier alpha value is -2.28. The summed E-state index contributed by atoms with van der Waals surface area (Å²) in [5, 5.41) is 3.03. The largest absolute Gasteiger partial charge is 0.379 e. The van der Waals surface area contributed by atoms with Crippen LogP contribution in [-0.2, 0) is 11.2 Å². The highest BCUT2D eigenvalue weighted by atomic mass is 16.5. The van der Waals surface area contributed by atoms with Crippen molar-refractivity contribution in [3.05, 3.63) is 36.2 Å².